The molecule has 25 heavy (non-hydrogen) atoms. The van der Waals surface area contributed by atoms with E-state index in [1.54, 1.807) is 0 Å². The van der Waals surface area contributed by atoms with Crippen molar-refractivity contribution in [1.82, 2.24) is 4.57 Å². The lowest BCUT2D eigenvalue weighted by Crippen LogP contribution is -2.15. The van der Waals surface area contributed by atoms with E-state index in [1.807, 2.05) is 32.0 Å². The molecule has 0 radical (unpaired) electrons. The summed E-state index contributed by atoms with van der Waals surface area (Å²) in [6.07, 6.45) is 0.834. The maximum Gasteiger partial charge on any atom is 0.340 e. The van der Waals surface area contributed by atoms with Gasteiger partial charge in [-0.1, -0.05) is 54.6 Å². The molecule has 0 atom stereocenters. The summed E-state index contributed by atoms with van der Waals surface area (Å²) < 4.78 is 7.65. The average Bonchev–Trinajstić information content (AvgIpc) is 2.93. The average molecular weight is 331 g/mol. The number of esters is 1. The summed E-state index contributed by atoms with van der Waals surface area (Å²) in [6.45, 7) is 5.06. The molecule has 0 saturated carbocycles. The number of carbonyl (C=O) groups is 1. The van der Waals surface area contributed by atoms with E-state index < -0.39 is 0 Å². The predicted octanol–water partition coefficient (Wildman–Crippen LogP) is 4.59. The van der Waals surface area contributed by atoms with Crippen LogP contribution in [0.5, 0.6) is 0 Å². The van der Waals surface area contributed by atoms with Gasteiger partial charge in [0.15, 0.2) is 0 Å². The van der Waals surface area contributed by atoms with E-state index in [-0.39, 0.29) is 5.97 Å². The second kappa shape index (κ2) is 6.25. The summed E-state index contributed by atoms with van der Waals surface area (Å²) >= 11 is 0. The van der Waals surface area contributed by atoms with Crippen LogP contribution in [0.1, 0.15) is 39.8 Å². The smallest absolute Gasteiger partial charge is 0.340 e. The fraction of sp³-hybridized carbons (Fsp3) is 0.227. The molecule has 1 aromatic heterocycles. The van der Waals surface area contributed by atoms with Gasteiger partial charge in [-0.3, -0.25) is 0 Å². The van der Waals surface area contributed by atoms with Crippen molar-refractivity contribution in [1.29, 1.82) is 0 Å². The van der Waals surface area contributed by atoms with Crippen LogP contribution in [0.25, 0.3) is 11.1 Å². The normalized spacial score (nSPS) is 12.4. The first-order chi connectivity index (χ1) is 12.2. The number of benzene rings is 2. The summed E-state index contributed by atoms with van der Waals surface area (Å²) in [4.78, 5) is 12.7. The number of aromatic nitrogens is 1. The van der Waals surface area contributed by atoms with Gasteiger partial charge in [-0.05, 0) is 30.5 Å². The Morgan fingerprint density at radius 1 is 1.04 bits per heavy atom. The molecule has 4 rings (SSSR count). The standard InChI is InChI=1S/C22H21NO2/c1-3-25-22(24)20-15(2)23-14-18-12-8-7-11-17(18)13-19(23)21(20)16-9-5-4-6-10-16/h4-12H,3,13-14H2,1-2H3. The van der Waals surface area contributed by atoms with Crippen molar-refractivity contribution in [3.05, 3.63) is 82.7 Å². The van der Waals surface area contributed by atoms with Gasteiger partial charge in [0.2, 0.25) is 0 Å². The summed E-state index contributed by atoms with van der Waals surface area (Å²) in [6, 6.07) is 18.7. The van der Waals surface area contributed by atoms with Crippen molar-refractivity contribution in [2.45, 2.75) is 26.8 Å². The van der Waals surface area contributed by atoms with E-state index in [2.05, 4.69) is 41.0 Å². The molecule has 0 bridgehead atoms. The van der Waals surface area contributed by atoms with Crippen LogP contribution in [-0.2, 0) is 17.7 Å². The van der Waals surface area contributed by atoms with Crippen LogP contribution in [0.15, 0.2) is 54.6 Å². The number of nitrogens with zero attached hydrogens (tertiary/aromatic N) is 1. The molecule has 0 fully saturated rings. The zero-order chi connectivity index (χ0) is 17.4. The Bertz CT molecular complexity index is 938. The topological polar surface area (TPSA) is 31.2 Å². The molecule has 0 saturated heterocycles. The van der Waals surface area contributed by atoms with Crippen molar-refractivity contribution < 1.29 is 9.53 Å². The van der Waals surface area contributed by atoms with Crippen LogP contribution in [-0.4, -0.2) is 17.1 Å². The monoisotopic (exact) mass is 331 g/mol. The molecule has 3 nitrogen and oxygen atoms in total. The first kappa shape index (κ1) is 15.7. The maximum absolute atomic E-state index is 12.7. The highest BCUT2D eigenvalue weighted by Crippen LogP contribution is 2.38. The maximum atomic E-state index is 12.7. The fourth-order valence-corrected chi connectivity index (χ4v) is 3.80. The SMILES string of the molecule is CCOC(=O)c1c(-c2ccccc2)c2n(c1C)Cc1ccccc1C2. The number of fused-ring (bicyclic) bond motifs is 2. The predicted molar refractivity (Wildman–Crippen MR) is 98.9 cm³/mol. The molecule has 1 aliphatic heterocycles. The van der Waals surface area contributed by atoms with Crippen LogP contribution < -0.4 is 0 Å². The third-order valence-electron chi connectivity index (χ3n) is 4.98. The van der Waals surface area contributed by atoms with Gasteiger partial charge in [0.05, 0.1) is 12.2 Å². The molecular formula is C22H21NO2. The van der Waals surface area contributed by atoms with Crippen molar-refractivity contribution in [3.8, 4) is 11.1 Å². The lowest BCUT2D eigenvalue weighted by molar-refractivity contribution is 0.0526. The first-order valence-corrected chi connectivity index (χ1v) is 8.72. The van der Waals surface area contributed by atoms with Gasteiger partial charge >= 0.3 is 5.97 Å². The van der Waals surface area contributed by atoms with Gasteiger partial charge < -0.3 is 9.30 Å². The second-order valence-corrected chi connectivity index (χ2v) is 6.40. The number of hydrogen-bond donors (Lipinski definition) is 0. The van der Waals surface area contributed by atoms with E-state index in [1.165, 1.54) is 16.8 Å². The molecule has 0 spiro atoms. The summed E-state index contributed by atoms with van der Waals surface area (Å²) in [7, 11) is 0. The number of hydrogen-bond acceptors (Lipinski definition) is 2. The van der Waals surface area contributed by atoms with Gasteiger partial charge in [-0.15, -0.1) is 0 Å². The quantitative estimate of drug-likeness (QED) is 0.514. The third-order valence-corrected chi connectivity index (χ3v) is 4.98. The summed E-state index contributed by atoms with van der Waals surface area (Å²) in [5, 5.41) is 0. The van der Waals surface area contributed by atoms with Crippen LogP contribution >= 0.6 is 0 Å². The lowest BCUT2D eigenvalue weighted by Gasteiger charge is -2.21. The highest BCUT2D eigenvalue weighted by Gasteiger charge is 2.29. The Kier molecular flexibility index (Phi) is 3.92. The largest absolute Gasteiger partial charge is 0.462 e. The van der Waals surface area contributed by atoms with Crippen molar-refractivity contribution in [3.63, 3.8) is 0 Å². The van der Waals surface area contributed by atoms with E-state index in [0.717, 1.165) is 29.8 Å². The molecular weight excluding hydrogens is 310 g/mol. The Hall–Kier alpha value is -2.81. The molecule has 0 amide bonds. The molecule has 2 heterocycles. The minimum atomic E-state index is -0.232. The zero-order valence-electron chi connectivity index (χ0n) is 14.6. The molecule has 3 aromatic rings. The summed E-state index contributed by atoms with van der Waals surface area (Å²) in [5.74, 6) is -0.232. The second-order valence-electron chi connectivity index (χ2n) is 6.40. The first-order valence-electron chi connectivity index (χ1n) is 8.72. The molecule has 126 valence electrons. The molecule has 0 N–H and O–H groups in total. The number of rotatable bonds is 3. The molecule has 2 aromatic carbocycles. The number of ether oxygens (including phenoxy) is 1. The molecule has 1 aliphatic rings. The number of carbonyl (C=O) groups excluding carboxylic acids is 1. The van der Waals surface area contributed by atoms with Crippen molar-refractivity contribution >= 4 is 5.97 Å². The van der Waals surface area contributed by atoms with Gasteiger partial charge in [0.1, 0.15) is 0 Å². The van der Waals surface area contributed by atoms with Gasteiger partial charge in [-0.2, -0.15) is 0 Å². The van der Waals surface area contributed by atoms with E-state index in [9.17, 15) is 4.79 Å². The Balaban J connectivity index is 1.95. The van der Waals surface area contributed by atoms with Gasteiger partial charge in [-0.25, -0.2) is 4.79 Å². The van der Waals surface area contributed by atoms with Crippen LogP contribution in [0.3, 0.4) is 0 Å². The van der Waals surface area contributed by atoms with Gasteiger partial charge in [0.25, 0.3) is 0 Å². The van der Waals surface area contributed by atoms with Crippen molar-refractivity contribution in [2.75, 3.05) is 6.61 Å². The van der Waals surface area contributed by atoms with Crippen LogP contribution in [0.4, 0.5) is 0 Å². The van der Waals surface area contributed by atoms with Crippen LogP contribution in [0.2, 0.25) is 0 Å². The van der Waals surface area contributed by atoms with E-state index in [0.29, 0.717) is 12.2 Å². The van der Waals surface area contributed by atoms with E-state index >= 15 is 0 Å². The highest BCUT2D eigenvalue weighted by molar-refractivity contribution is 6.00. The fourth-order valence-electron chi connectivity index (χ4n) is 3.80. The lowest BCUT2D eigenvalue weighted by atomic mass is 9.94. The third kappa shape index (κ3) is 2.56. The minimum absolute atomic E-state index is 0.232. The van der Waals surface area contributed by atoms with Crippen LogP contribution in [0, 0.1) is 6.92 Å². The molecule has 3 heteroatoms. The molecule has 0 unspecified atom stereocenters. The minimum Gasteiger partial charge on any atom is -0.462 e. The van der Waals surface area contributed by atoms with Crippen molar-refractivity contribution in [2.24, 2.45) is 0 Å². The Labute approximate surface area is 147 Å². The highest BCUT2D eigenvalue weighted by atomic mass is 16.5. The molecule has 0 aliphatic carbocycles. The Morgan fingerprint density at radius 3 is 2.44 bits per heavy atom. The zero-order valence-corrected chi connectivity index (χ0v) is 14.6. The Morgan fingerprint density at radius 2 is 1.72 bits per heavy atom. The summed E-state index contributed by atoms with van der Waals surface area (Å²) in [5.41, 5.74) is 7.64. The van der Waals surface area contributed by atoms with E-state index in [4.69, 9.17) is 4.74 Å². The van der Waals surface area contributed by atoms with Gasteiger partial charge in [0, 0.05) is 29.9 Å².